The van der Waals surface area contributed by atoms with Crippen LogP contribution in [0.3, 0.4) is 0 Å². The SMILES string of the molecule is O=C(COC(=O)/C=C/c1cccc2cccnc12)Nc1ccc(S(=O)(=O)N2CCOCC2)cc1. The predicted molar refractivity (Wildman–Crippen MR) is 126 cm³/mol. The van der Waals surface area contributed by atoms with Crippen molar-refractivity contribution in [3.8, 4) is 0 Å². The lowest BCUT2D eigenvalue weighted by atomic mass is 10.1. The molecule has 1 aliphatic rings. The number of hydrogen-bond donors (Lipinski definition) is 1. The molecule has 9 nitrogen and oxygen atoms in total. The van der Waals surface area contributed by atoms with Crippen LogP contribution in [0.5, 0.6) is 0 Å². The predicted octanol–water partition coefficient (Wildman–Crippen LogP) is 2.45. The molecule has 1 aromatic heterocycles. The number of carbonyl (C=O) groups is 2. The Morgan fingerprint density at radius 2 is 1.79 bits per heavy atom. The van der Waals surface area contributed by atoms with Crippen molar-refractivity contribution in [1.29, 1.82) is 0 Å². The maximum Gasteiger partial charge on any atom is 0.331 e. The van der Waals surface area contributed by atoms with E-state index in [9.17, 15) is 18.0 Å². The number of anilines is 1. The molecule has 34 heavy (non-hydrogen) atoms. The van der Waals surface area contributed by atoms with Gasteiger partial charge in [-0.05, 0) is 36.4 Å². The Morgan fingerprint density at radius 1 is 1.06 bits per heavy atom. The summed E-state index contributed by atoms with van der Waals surface area (Å²) in [5, 5.41) is 3.52. The summed E-state index contributed by atoms with van der Waals surface area (Å²) >= 11 is 0. The average Bonchev–Trinajstić information content (AvgIpc) is 2.87. The third-order valence-corrected chi connectivity index (χ3v) is 7.07. The molecule has 2 heterocycles. The summed E-state index contributed by atoms with van der Waals surface area (Å²) in [4.78, 5) is 28.6. The molecular weight excluding hydrogens is 458 g/mol. The van der Waals surface area contributed by atoms with E-state index in [-0.39, 0.29) is 4.90 Å². The van der Waals surface area contributed by atoms with Crippen molar-refractivity contribution in [3.63, 3.8) is 0 Å². The summed E-state index contributed by atoms with van der Waals surface area (Å²) in [5.74, 6) is -1.22. The zero-order valence-electron chi connectivity index (χ0n) is 18.2. The number of carbonyl (C=O) groups excluding carboxylic acids is 2. The normalized spacial score (nSPS) is 14.8. The van der Waals surface area contributed by atoms with Crippen LogP contribution in [0.1, 0.15) is 5.56 Å². The van der Waals surface area contributed by atoms with E-state index in [2.05, 4.69) is 10.3 Å². The van der Waals surface area contributed by atoms with Crippen molar-refractivity contribution in [2.24, 2.45) is 0 Å². The Hall–Kier alpha value is -3.60. The topological polar surface area (TPSA) is 115 Å². The molecule has 3 aromatic rings. The maximum absolute atomic E-state index is 12.6. The van der Waals surface area contributed by atoms with Gasteiger partial charge in [0.1, 0.15) is 0 Å². The highest BCUT2D eigenvalue weighted by molar-refractivity contribution is 7.89. The number of sulfonamides is 1. The fraction of sp³-hybridized carbons (Fsp3) is 0.208. The van der Waals surface area contributed by atoms with Crippen molar-refractivity contribution < 1.29 is 27.5 Å². The van der Waals surface area contributed by atoms with Crippen LogP contribution in [0, 0.1) is 0 Å². The lowest BCUT2D eigenvalue weighted by molar-refractivity contribution is -0.142. The number of aromatic nitrogens is 1. The molecule has 0 bridgehead atoms. The second-order valence-corrected chi connectivity index (χ2v) is 9.39. The minimum absolute atomic E-state index is 0.131. The fourth-order valence-corrected chi connectivity index (χ4v) is 4.86. The van der Waals surface area contributed by atoms with E-state index in [1.165, 1.54) is 34.6 Å². The van der Waals surface area contributed by atoms with Crippen molar-refractivity contribution in [2.45, 2.75) is 4.90 Å². The number of morpholine rings is 1. The summed E-state index contributed by atoms with van der Waals surface area (Å²) in [6.07, 6.45) is 4.50. The summed E-state index contributed by atoms with van der Waals surface area (Å²) in [5.41, 5.74) is 1.90. The Bertz CT molecular complexity index is 1310. The van der Waals surface area contributed by atoms with Gasteiger partial charge in [-0.2, -0.15) is 4.31 Å². The van der Waals surface area contributed by atoms with E-state index in [1.54, 1.807) is 12.3 Å². The van der Waals surface area contributed by atoms with E-state index in [0.29, 0.717) is 32.0 Å². The molecule has 1 fully saturated rings. The quantitative estimate of drug-likeness (QED) is 0.407. The molecule has 2 aromatic carbocycles. The van der Waals surface area contributed by atoms with Gasteiger partial charge in [-0.1, -0.05) is 24.3 Å². The zero-order valence-corrected chi connectivity index (χ0v) is 19.0. The first-order valence-electron chi connectivity index (χ1n) is 10.6. The number of fused-ring (bicyclic) bond motifs is 1. The lowest BCUT2D eigenvalue weighted by Crippen LogP contribution is -2.40. The highest BCUT2D eigenvalue weighted by atomic mass is 32.2. The van der Waals surface area contributed by atoms with Gasteiger partial charge in [-0.3, -0.25) is 9.78 Å². The first kappa shape index (κ1) is 23.6. The van der Waals surface area contributed by atoms with Crippen molar-refractivity contribution in [2.75, 3.05) is 38.2 Å². The molecule has 0 unspecified atom stereocenters. The number of rotatable bonds is 7. The number of amides is 1. The summed E-state index contributed by atoms with van der Waals surface area (Å²) in [6, 6.07) is 15.2. The van der Waals surface area contributed by atoms with E-state index >= 15 is 0 Å². The summed E-state index contributed by atoms with van der Waals surface area (Å²) in [6.45, 7) is 0.848. The molecule has 10 heteroatoms. The van der Waals surface area contributed by atoms with Crippen molar-refractivity contribution in [1.82, 2.24) is 9.29 Å². The van der Waals surface area contributed by atoms with Gasteiger partial charge in [0.2, 0.25) is 10.0 Å². The van der Waals surface area contributed by atoms with Gasteiger partial charge in [-0.25, -0.2) is 13.2 Å². The van der Waals surface area contributed by atoms with Gasteiger partial charge >= 0.3 is 5.97 Å². The zero-order chi connectivity index (χ0) is 24.0. The van der Waals surface area contributed by atoms with Gasteiger partial charge in [0.15, 0.2) is 6.61 Å². The molecule has 0 radical (unpaired) electrons. The Kier molecular flexibility index (Phi) is 7.31. The van der Waals surface area contributed by atoms with E-state index < -0.39 is 28.5 Å². The van der Waals surface area contributed by atoms with Gasteiger partial charge in [0.05, 0.1) is 23.6 Å². The molecule has 1 amide bonds. The first-order valence-corrected chi connectivity index (χ1v) is 12.0. The number of pyridine rings is 1. The van der Waals surface area contributed by atoms with Gasteiger partial charge < -0.3 is 14.8 Å². The van der Waals surface area contributed by atoms with Crippen LogP contribution in [0.4, 0.5) is 5.69 Å². The third kappa shape index (κ3) is 5.66. The molecule has 0 saturated carbocycles. The second kappa shape index (κ2) is 10.6. The molecule has 1 N–H and O–H groups in total. The van der Waals surface area contributed by atoms with E-state index in [4.69, 9.17) is 9.47 Å². The minimum Gasteiger partial charge on any atom is -0.452 e. The number of hydrogen-bond acceptors (Lipinski definition) is 7. The van der Waals surface area contributed by atoms with Crippen LogP contribution in [0.25, 0.3) is 17.0 Å². The van der Waals surface area contributed by atoms with Crippen LogP contribution in [0.2, 0.25) is 0 Å². The Labute approximate surface area is 197 Å². The molecule has 176 valence electrons. The molecular formula is C24H23N3O6S. The van der Waals surface area contributed by atoms with Crippen LogP contribution in [-0.2, 0) is 29.1 Å². The van der Waals surface area contributed by atoms with Crippen molar-refractivity contribution >= 4 is 44.6 Å². The molecule has 1 aliphatic heterocycles. The summed E-state index contributed by atoms with van der Waals surface area (Å²) < 4.78 is 36.9. The highest BCUT2D eigenvalue weighted by Crippen LogP contribution is 2.20. The number of esters is 1. The smallest absolute Gasteiger partial charge is 0.331 e. The molecule has 1 saturated heterocycles. The Balaban J connectivity index is 1.29. The fourth-order valence-electron chi connectivity index (χ4n) is 3.45. The number of ether oxygens (including phenoxy) is 2. The number of benzene rings is 2. The molecule has 0 spiro atoms. The lowest BCUT2D eigenvalue weighted by Gasteiger charge is -2.26. The monoisotopic (exact) mass is 481 g/mol. The number of para-hydroxylation sites is 1. The van der Waals surface area contributed by atoms with Crippen LogP contribution >= 0.6 is 0 Å². The standard InChI is InChI=1S/C24H23N3O6S/c28-22(17-33-23(29)11-6-19-4-1-3-18-5-2-12-25-24(18)19)26-20-7-9-21(10-8-20)34(30,31)27-13-15-32-16-14-27/h1-12H,13-17H2,(H,26,28)/b11-6+. The molecule has 0 atom stereocenters. The van der Waals surface area contributed by atoms with Gasteiger partial charge in [0.25, 0.3) is 5.91 Å². The number of nitrogens with zero attached hydrogens (tertiary/aromatic N) is 2. The van der Waals surface area contributed by atoms with Crippen LogP contribution in [0.15, 0.2) is 71.8 Å². The van der Waals surface area contributed by atoms with Crippen molar-refractivity contribution in [3.05, 3.63) is 72.4 Å². The Morgan fingerprint density at radius 3 is 2.56 bits per heavy atom. The van der Waals surface area contributed by atoms with Crippen LogP contribution in [-0.4, -0.2) is 62.5 Å². The molecule has 4 rings (SSSR count). The maximum atomic E-state index is 12.6. The average molecular weight is 482 g/mol. The first-order chi connectivity index (χ1) is 16.4. The molecule has 0 aliphatic carbocycles. The van der Waals surface area contributed by atoms with E-state index in [1.807, 2.05) is 30.3 Å². The van der Waals surface area contributed by atoms with Gasteiger partial charge in [-0.15, -0.1) is 0 Å². The third-order valence-electron chi connectivity index (χ3n) is 5.15. The summed E-state index contributed by atoms with van der Waals surface area (Å²) in [7, 11) is -3.61. The van der Waals surface area contributed by atoms with E-state index in [0.717, 1.165) is 16.5 Å². The second-order valence-electron chi connectivity index (χ2n) is 7.45. The number of nitrogens with one attached hydrogen (secondary N) is 1. The minimum atomic E-state index is -3.61. The van der Waals surface area contributed by atoms with Crippen LogP contribution < -0.4 is 5.32 Å². The largest absolute Gasteiger partial charge is 0.452 e. The van der Waals surface area contributed by atoms with Gasteiger partial charge in [0, 0.05) is 42.0 Å². The highest BCUT2D eigenvalue weighted by Gasteiger charge is 2.26.